The van der Waals surface area contributed by atoms with Gasteiger partial charge in [-0.15, -0.1) is 0 Å². The number of benzene rings is 2. The Morgan fingerprint density at radius 2 is 1.92 bits per heavy atom. The predicted molar refractivity (Wildman–Crippen MR) is 95.5 cm³/mol. The van der Waals surface area contributed by atoms with Crippen molar-refractivity contribution in [3.05, 3.63) is 81.1 Å². The van der Waals surface area contributed by atoms with Crippen LogP contribution in [0.1, 0.15) is 5.69 Å². The number of hydrogen-bond acceptors (Lipinski definition) is 4. The smallest absolute Gasteiger partial charge is 0.271 e. The lowest BCUT2D eigenvalue weighted by Crippen LogP contribution is -1.97. The van der Waals surface area contributed by atoms with Crippen LogP contribution in [0.2, 0.25) is 0 Å². The maximum atomic E-state index is 10.8. The Morgan fingerprint density at radius 3 is 2.62 bits per heavy atom. The Balaban J connectivity index is 1.94. The van der Waals surface area contributed by atoms with Crippen molar-refractivity contribution in [2.24, 2.45) is 4.99 Å². The summed E-state index contributed by atoms with van der Waals surface area (Å²) in [6.07, 6.45) is 3.44. The summed E-state index contributed by atoms with van der Waals surface area (Å²) < 4.78 is 2.90. The molecule has 0 atom stereocenters. The second kappa shape index (κ2) is 6.67. The Morgan fingerprint density at radius 1 is 1.17 bits per heavy atom. The minimum atomic E-state index is -0.525. The molecule has 3 aromatic rings. The molecule has 0 amide bonds. The first-order chi connectivity index (χ1) is 11.5. The third-order valence-electron chi connectivity index (χ3n) is 3.39. The van der Waals surface area contributed by atoms with Crippen LogP contribution >= 0.6 is 15.9 Å². The van der Waals surface area contributed by atoms with Crippen LogP contribution in [0.25, 0.3) is 5.69 Å². The normalized spacial score (nSPS) is 11.0. The summed E-state index contributed by atoms with van der Waals surface area (Å²) in [4.78, 5) is 14.5. The van der Waals surface area contributed by atoms with Gasteiger partial charge in [-0.25, -0.2) is 0 Å². The average Bonchev–Trinajstić information content (AvgIpc) is 3.03. The number of rotatable bonds is 4. The summed E-state index contributed by atoms with van der Waals surface area (Å²) in [6, 6.07) is 15.2. The predicted octanol–water partition coefficient (Wildman–Crippen LogP) is 4.60. The fraction of sp³-hybridized carbons (Fsp3) is 0. The Kier molecular flexibility index (Phi) is 4.43. The van der Waals surface area contributed by atoms with Crippen LogP contribution in [0.4, 0.5) is 11.4 Å². The monoisotopic (exact) mass is 385 g/mol. The van der Waals surface area contributed by atoms with Crippen molar-refractivity contribution in [1.29, 1.82) is 0 Å². The van der Waals surface area contributed by atoms with E-state index in [1.165, 1.54) is 18.2 Å². The highest BCUT2D eigenvalue weighted by Gasteiger charge is 2.09. The molecule has 7 heteroatoms. The van der Waals surface area contributed by atoms with Crippen LogP contribution in [0.15, 0.2) is 70.3 Å². The molecule has 0 radical (unpaired) electrons. The zero-order valence-electron chi connectivity index (χ0n) is 12.3. The lowest BCUT2D eigenvalue weighted by atomic mass is 10.2. The first-order valence-corrected chi connectivity index (χ1v) is 7.78. The number of hydrogen-bond donors (Lipinski definition) is 1. The van der Waals surface area contributed by atoms with Crippen LogP contribution in [0.5, 0.6) is 5.75 Å². The molecule has 0 aliphatic rings. The SMILES string of the molecule is O=[N+]([O-])c1ccc(O)c(N=Cc2cccn2-c2ccc(Br)cc2)c1. The minimum absolute atomic E-state index is 0.112. The van der Waals surface area contributed by atoms with Crippen LogP contribution in [-0.4, -0.2) is 20.8 Å². The average molecular weight is 386 g/mol. The van der Waals surface area contributed by atoms with E-state index < -0.39 is 4.92 Å². The van der Waals surface area contributed by atoms with Gasteiger partial charge in [0, 0.05) is 28.5 Å². The molecule has 0 bridgehead atoms. The Labute approximate surface area is 146 Å². The number of phenolic OH excluding ortho intramolecular Hbond substituents is 1. The molecule has 120 valence electrons. The molecule has 1 aromatic heterocycles. The molecular weight excluding hydrogens is 374 g/mol. The lowest BCUT2D eigenvalue weighted by molar-refractivity contribution is -0.384. The minimum Gasteiger partial charge on any atom is -0.506 e. The van der Waals surface area contributed by atoms with Gasteiger partial charge in [-0.3, -0.25) is 15.1 Å². The first kappa shape index (κ1) is 15.9. The molecule has 0 spiro atoms. The Hall–Kier alpha value is -2.93. The van der Waals surface area contributed by atoms with E-state index in [9.17, 15) is 15.2 Å². The molecule has 2 aromatic carbocycles. The number of nitrogens with zero attached hydrogens (tertiary/aromatic N) is 3. The summed E-state index contributed by atoms with van der Waals surface area (Å²) in [7, 11) is 0. The van der Waals surface area contributed by atoms with Crippen LogP contribution in [-0.2, 0) is 0 Å². The van der Waals surface area contributed by atoms with E-state index in [0.29, 0.717) is 0 Å². The quantitative estimate of drug-likeness (QED) is 0.404. The molecule has 0 aliphatic heterocycles. The van der Waals surface area contributed by atoms with E-state index in [4.69, 9.17) is 0 Å². The van der Waals surface area contributed by atoms with Gasteiger partial charge in [0.2, 0.25) is 0 Å². The number of phenols is 1. The van der Waals surface area contributed by atoms with Crippen molar-refractivity contribution in [2.45, 2.75) is 0 Å². The molecular formula is C17H12BrN3O3. The van der Waals surface area contributed by atoms with Gasteiger partial charge in [0.05, 0.1) is 16.8 Å². The van der Waals surface area contributed by atoms with E-state index in [1.807, 2.05) is 47.2 Å². The Bertz CT molecular complexity index is 917. The first-order valence-electron chi connectivity index (χ1n) is 6.99. The molecule has 0 saturated carbocycles. The molecule has 0 aliphatic carbocycles. The summed E-state index contributed by atoms with van der Waals surface area (Å²) in [5.74, 6) is -0.112. The van der Waals surface area contributed by atoms with Crippen molar-refractivity contribution in [1.82, 2.24) is 4.57 Å². The number of nitro benzene ring substituents is 1. The van der Waals surface area contributed by atoms with Crippen LogP contribution in [0, 0.1) is 10.1 Å². The molecule has 0 saturated heterocycles. The van der Waals surface area contributed by atoms with Crippen molar-refractivity contribution in [2.75, 3.05) is 0 Å². The molecule has 24 heavy (non-hydrogen) atoms. The zero-order chi connectivity index (χ0) is 17.1. The maximum Gasteiger partial charge on any atom is 0.271 e. The number of aliphatic imine (C=N–C) groups is 1. The van der Waals surface area contributed by atoms with Crippen LogP contribution < -0.4 is 0 Å². The van der Waals surface area contributed by atoms with Crippen molar-refractivity contribution in [3.63, 3.8) is 0 Å². The highest BCUT2D eigenvalue weighted by Crippen LogP contribution is 2.30. The number of nitro groups is 1. The highest BCUT2D eigenvalue weighted by atomic mass is 79.9. The number of aromatic hydroxyl groups is 1. The van der Waals surface area contributed by atoms with E-state index in [-0.39, 0.29) is 17.1 Å². The second-order valence-corrected chi connectivity index (χ2v) is 5.88. The molecule has 0 fully saturated rings. The van der Waals surface area contributed by atoms with Gasteiger partial charge in [-0.1, -0.05) is 15.9 Å². The van der Waals surface area contributed by atoms with E-state index in [0.717, 1.165) is 15.9 Å². The fourth-order valence-electron chi connectivity index (χ4n) is 2.20. The number of non-ortho nitro benzene ring substituents is 1. The molecule has 3 rings (SSSR count). The standard InChI is InChI=1S/C17H12BrN3O3/c18-12-3-5-13(6-4-12)20-9-1-2-15(20)11-19-16-10-14(21(23)24)7-8-17(16)22/h1-11,22H. The van der Waals surface area contributed by atoms with Gasteiger partial charge in [-0.05, 0) is 42.5 Å². The van der Waals surface area contributed by atoms with Gasteiger partial charge in [0.15, 0.2) is 0 Å². The summed E-state index contributed by atoms with van der Waals surface area (Å²) >= 11 is 3.40. The highest BCUT2D eigenvalue weighted by molar-refractivity contribution is 9.10. The summed E-state index contributed by atoms with van der Waals surface area (Å²) in [6.45, 7) is 0. The largest absolute Gasteiger partial charge is 0.506 e. The van der Waals surface area contributed by atoms with Crippen molar-refractivity contribution >= 4 is 33.5 Å². The van der Waals surface area contributed by atoms with E-state index in [1.54, 1.807) is 6.21 Å². The molecule has 1 N–H and O–H groups in total. The molecule has 0 unspecified atom stereocenters. The fourth-order valence-corrected chi connectivity index (χ4v) is 2.46. The third kappa shape index (κ3) is 3.36. The second-order valence-electron chi connectivity index (χ2n) is 4.97. The number of halogens is 1. The van der Waals surface area contributed by atoms with Crippen molar-refractivity contribution < 1.29 is 10.0 Å². The lowest BCUT2D eigenvalue weighted by Gasteiger charge is -2.06. The topological polar surface area (TPSA) is 80.7 Å². The van der Waals surface area contributed by atoms with E-state index in [2.05, 4.69) is 20.9 Å². The third-order valence-corrected chi connectivity index (χ3v) is 3.92. The summed E-state index contributed by atoms with van der Waals surface area (Å²) in [5.41, 5.74) is 1.76. The molecule has 1 heterocycles. The van der Waals surface area contributed by atoms with Gasteiger partial charge >= 0.3 is 0 Å². The van der Waals surface area contributed by atoms with Gasteiger partial charge in [0.25, 0.3) is 5.69 Å². The number of aromatic nitrogens is 1. The zero-order valence-corrected chi connectivity index (χ0v) is 13.9. The van der Waals surface area contributed by atoms with Crippen molar-refractivity contribution in [3.8, 4) is 11.4 Å². The summed E-state index contributed by atoms with van der Waals surface area (Å²) in [5, 5.41) is 20.6. The van der Waals surface area contributed by atoms with Gasteiger partial charge < -0.3 is 9.67 Å². The molecule has 6 nitrogen and oxygen atoms in total. The maximum absolute atomic E-state index is 10.8. The van der Waals surface area contributed by atoms with Gasteiger partial charge in [-0.2, -0.15) is 0 Å². The van der Waals surface area contributed by atoms with Crippen LogP contribution in [0.3, 0.4) is 0 Å². The van der Waals surface area contributed by atoms with E-state index >= 15 is 0 Å². The van der Waals surface area contributed by atoms with Gasteiger partial charge in [0.1, 0.15) is 11.4 Å².